The van der Waals surface area contributed by atoms with E-state index in [0.29, 0.717) is 12.6 Å². The largest absolute Gasteiger partial charge is 0.488 e. The Hall–Kier alpha value is -2.07. The number of ether oxygens (including phenoxy) is 1. The molecule has 1 unspecified atom stereocenters. The van der Waals surface area contributed by atoms with E-state index in [9.17, 15) is 0 Å². The van der Waals surface area contributed by atoms with Gasteiger partial charge in [0.05, 0.1) is 0 Å². The number of halogens is 1. The van der Waals surface area contributed by atoms with Crippen molar-refractivity contribution in [3.8, 4) is 5.75 Å². The third-order valence-corrected chi connectivity index (χ3v) is 6.29. The average Bonchev–Trinajstić information content (AvgIpc) is 3.21. The highest BCUT2D eigenvalue weighted by Gasteiger charge is 2.22. The van der Waals surface area contributed by atoms with Crippen molar-refractivity contribution >= 4 is 22.4 Å². The van der Waals surface area contributed by atoms with Crippen LogP contribution in [0.5, 0.6) is 5.75 Å². The normalized spacial score (nSPS) is 17.1. The van der Waals surface area contributed by atoms with E-state index in [1.54, 1.807) is 0 Å². The van der Waals surface area contributed by atoms with E-state index in [2.05, 4.69) is 53.5 Å². The molecule has 0 bridgehead atoms. The first-order chi connectivity index (χ1) is 14.3. The van der Waals surface area contributed by atoms with Crippen molar-refractivity contribution in [1.29, 1.82) is 0 Å². The zero-order chi connectivity index (χ0) is 20.1. The summed E-state index contributed by atoms with van der Waals surface area (Å²) in [5.74, 6) is 0.926. The molecule has 0 aliphatic carbocycles. The number of hydrogen-bond donors (Lipinski definition) is 1. The van der Waals surface area contributed by atoms with Gasteiger partial charge in [0, 0.05) is 35.3 Å². The van der Waals surface area contributed by atoms with Crippen molar-refractivity contribution in [1.82, 2.24) is 10.2 Å². The highest BCUT2D eigenvalue weighted by molar-refractivity contribution is 6.31. The maximum Gasteiger partial charge on any atom is 0.124 e. The molecule has 1 atom stereocenters. The van der Waals surface area contributed by atoms with Gasteiger partial charge in [-0.3, -0.25) is 4.90 Å². The fourth-order valence-corrected chi connectivity index (χ4v) is 4.50. The van der Waals surface area contributed by atoms with E-state index < -0.39 is 0 Å². The van der Waals surface area contributed by atoms with Crippen molar-refractivity contribution in [3.05, 3.63) is 76.8 Å². The fourth-order valence-electron chi connectivity index (χ4n) is 4.31. The maximum absolute atomic E-state index is 6.31. The molecule has 1 aliphatic heterocycles. The molecule has 3 nitrogen and oxygen atoms in total. The lowest BCUT2D eigenvalue weighted by atomic mass is 10.0. The molecule has 0 spiro atoms. The Morgan fingerprint density at radius 1 is 1.07 bits per heavy atom. The number of fused-ring (bicyclic) bond motifs is 1. The van der Waals surface area contributed by atoms with Crippen molar-refractivity contribution in [2.45, 2.75) is 39.0 Å². The molecule has 1 aliphatic rings. The Morgan fingerprint density at radius 3 is 2.76 bits per heavy atom. The van der Waals surface area contributed by atoms with Gasteiger partial charge in [-0.2, -0.15) is 0 Å². The molecule has 0 radical (unpaired) electrons. The summed E-state index contributed by atoms with van der Waals surface area (Å²) in [5, 5.41) is 6.93. The molecule has 4 rings (SSSR count). The quantitative estimate of drug-likeness (QED) is 0.521. The highest BCUT2D eigenvalue weighted by atomic mass is 35.5. The summed E-state index contributed by atoms with van der Waals surface area (Å²) >= 11 is 6.31. The van der Waals surface area contributed by atoms with Gasteiger partial charge in [0.15, 0.2) is 0 Å². The molecule has 0 aromatic heterocycles. The number of benzene rings is 3. The van der Waals surface area contributed by atoms with Crippen LogP contribution < -0.4 is 10.1 Å². The van der Waals surface area contributed by atoms with Crippen LogP contribution in [0.1, 0.15) is 30.9 Å². The predicted molar refractivity (Wildman–Crippen MR) is 122 cm³/mol. The third-order valence-electron chi connectivity index (χ3n) is 5.93. The molecule has 0 saturated carbocycles. The van der Waals surface area contributed by atoms with Gasteiger partial charge in [-0.25, -0.2) is 0 Å². The van der Waals surface area contributed by atoms with E-state index in [4.69, 9.17) is 16.3 Å². The third kappa shape index (κ3) is 4.75. The van der Waals surface area contributed by atoms with Crippen LogP contribution in [-0.2, 0) is 13.2 Å². The molecule has 1 N–H and O–H groups in total. The molecule has 3 aromatic carbocycles. The number of likely N-dealkylation sites (tertiary alicyclic amines) is 1. The average molecular weight is 409 g/mol. The zero-order valence-corrected chi connectivity index (χ0v) is 17.8. The maximum atomic E-state index is 6.31. The van der Waals surface area contributed by atoms with Gasteiger partial charge in [0.1, 0.15) is 12.4 Å². The summed E-state index contributed by atoms with van der Waals surface area (Å²) in [6, 6.07) is 21.2. The van der Waals surface area contributed by atoms with Gasteiger partial charge in [-0.05, 0) is 48.8 Å². The lowest BCUT2D eigenvalue weighted by molar-refractivity contribution is 0.259. The summed E-state index contributed by atoms with van der Waals surface area (Å²) in [4.78, 5) is 2.57. The molecule has 1 heterocycles. The second-order valence-corrected chi connectivity index (χ2v) is 8.11. The van der Waals surface area contributed by atoms with Gasteiger partial charge in [0.25, 0.3) is 0 Å². The fraction of sp³-hybridized carbons (Fsp3) is 0.360. The van der Waals surface area contributed by atoms with E-state index in [-0.39, 0.29) is 0 Å². The Labute approximate surface area is 178 Å². The van der Waals surface area contributed by atoms with E-state index in [1.807, 2.05) is 24.3 Å². The smallest absolute Gasteiger partial charge is 0.124 e. The minimum absolute atomic E-state index is 0.469. The predicted octanol–water partition coefficient (Wildman–Crippen LogP) is 5.65. The standard InChI is InChI=1S/C25H29ClN2O/c1-2-28-15-7-10-21(28)16-27-17-23-22-11-5-3-8-19(22)13-14-25(23)29-18-20-9-4-6-12-24(20)26/h3-6,8-9,11-14,21,27H,2,7,10,15-18H2,1H3. The number of rotatable bonds is 8. The molecule has 1 fully saturated rings. The zero-order valence-electron chi connectivity index (χ0n) is 17.0. The summed E-state index contributed by atoms with van der Waals surface area (Å²) in [7, 11) is 0. The van der Waals surface area contributed by atoms with Crippen LogP contribution in [-0.4, -0.2) is 30.6 Å². The minimum atomic E-state index is 0.469. The Balaban J connectivity index is 1.52. The highest BCUT2D eigenvalue weighted by Crippen LogP contribution is 2.29. The number of nitrogens with one attached hydrogen (secondary N) is 1. The molecule has 152 valence electrons. The van der Waals surface area contributed by atoms with Crippen molar-refractivity contribution in [3.63, 3.8) is 0 Å². The first-order valence-corrected chi connectivity index (χ1v) is 11.0. The molecular formula is C25H29ClN2O. The van der Waals surface area contributed by atoms with Crippen LogP contribution in [0.3, 0.4) is 0 Å². The van der Waals surface area contributed by atoms with Gasteiger partial charge in [-0.15, -0.1) is 0 Å². The first kappa shape index (κ1) is 20.2. The van der Waals surface area contributed by atoms with Crippen LogP contribution in [0.2, 0.25) is 5.02 Å². The molecule has 0 amide bonds. The van der Waals surface area contributed by atoms with Crippen LogP contribution in [0, 0.1) is 0 Å². The summed E-state index contributed by atoms with van der Waals surface area (Å²) < 4.78 is 6.24. The number of hydrogen-bond acceptors (Lipinski definition) is 3. The topological polar surface area (TPSA) is 24.5 Å². The van der Waals surface area contributed by atoms with Gasteiger partial charge < -0.3 is 10.1 Å². The van der Waals surface area contributed by atoms with Gasteiger partial charge in [0.2, 0.25) is 0 Å². The Morgan fingerprint density at radius 2 is 1.90 bits per heavy atom. The van der Waals surface area contributed by atoms with E-state index in [0.717, 1.165) is 36.0 Å². The summed E-state index contributed by atoms with van der Waals surface area (Å²) in [6.07, 6.45) is 2.59. The second kappa shape index (κ2) is 9.62. The molecular weight excluding hydrogens is 380 g/mol. The van der Waals surface area contributed by atoms with Crippen molar-refractivity contribution in [2.75, 3.05) is 19.6 Å². The van der Waals surface area contributed by atoms with Crippen LogP contribution in [0.15, 0.2) is 60.7 Å². The minimum Gasteiger partial charge on any atom is -0.488 e. The first-order valence-electron chi connectivity index (χ1n) is 10.6. The Kier molecular flexibility index (Phi) is 6.70. The molecule has 1 saturated heterocycles. The Bertz CT molecular complexity index is 958. The second-order valence-electron chi connectivity index (χ2n) is 7.70. The van der Waals surface area contributed by atoms with Crippen LogP contribution >= 0.6 is 11.6 Å². The van der Waals surface area contributed by atoms with Crippen LogP contribution in [0.4, 0.5) is 0 Å². The monoisotopic (exact) mass is 408 g/mol. The van der Waals surface area contributed by atoms with Crippen LogP contribution in [0.25, 0.3) is 10.8 Å². The lowest BCUT2D eigenvalue weighted by Crippen LogP contribution is -2.37. The van der Waals surface area contributed by atoms with Crippen molar-refractivity contribution in [2.24, 2.45) is 0 Å². The SMILES string of the molecule is CCN1CCCC1CNCc1c(OCc2ccccc2Cl)ccc2ccccc12. The van der Waals surface area contributed by atoms with Crippen molar-refractivity contribution < 1.29 is 4.74 Å². The lowest BCUT2D eigenvalue weighted by Gasteiger charge is -2.23. The van der Waals surface area contributed by atoms with E-state index >= 15 is 0 Å². The van der Waals surface area contributed by atoms with Gasteiger partial charge in [-0.1, -0.05) is 67.1 Å². The van der Waals surface area contributed by atoms with Gasteiger partial charge >= 0.3 is 0 Å². The van der Waals surface area contributed by atoms with E-state index in [1.165, 1.54) is 35.7 Å². The molecule has 29 heavy (non-hydrogen) atoms. The molecule has 4 heteroatoms. The molecule has 3 aromatic rings. The number of likely N-dealkylation sites (N-methyl/N-ethyl adjacent to an activating group) is 1. The summed E-state index contributed by atoms with van der Waals surface area (Å²) in [6.45, 7) is 6.89. The summed E-state index contributed by atoms with van der Waals surface area (Å²) in [5.41, 5.74) is 2.22. The number of nitrogens with zero attached hydrogens (tertiary/aromatic N) is 1.